The van der Waals surface area contributed by atoms with Crippen molar-refractivity contribution in [2.24, 2.45) is 0 Å². The summed E-state index contributed by atoms with van der Waals surface area (Å²) >= 11 is 6.18. The molecule has 0 amide bonds. The number of nitrogens with one attached hydrogen (secondary N) is 1. The lowest BCUT2D eigenvalue weighted by Crippen LogP contribution is -2.26. The number of hydrogen-bond acceptors (Lipinski definition) is 3. The Balaban J connectivity index is 1.86. The van der Waals surface area contributed by atoms with Crippen molar-refractivity contribution in [1.29, 1.82) is 0 Å². The molecule has 4 heteroatoms. The first-order valence-corrected chi connectivity index (χ1v) is 6.76. The van der Waals surface area contributed by atoms with Gasteiger partial charge in [-0.25, -0.2) is 0 Å². The smallest absolute Gasteiger partial charge is 0.124 e. The second-order valence-electron chi connectivity index (χ2n) is 4.70. The normalized spacial score (nSPS) is 23.3. The zero-order valence-electron chi connectivity index (χ0n) is 10.9. The van der Waals surface area contributed by atoms with E-state index in [2.05, 4.69) is 12.2 Å². The Hall–Kier alpha value is -0.770. The summed E-state index contributed by atoms with van der Waals surface area (Å²) in [6.45, 7) is 3.69. The van der Waals surface area contributed by atoms with Gasteiger partial charge in [-0.05, 0) is 31.9 Å². The molecule has 1 heterocycles. The summed E-state index contributed by atoms with van der Waals surface area (Å²) in [4.78, 5) is 0. The van der Waals surface area contributed by atoms with Crippen LogP contribution in [0.1, 0.15) is 25.3 Å². The second kappa shape index (κ2) is 6.41. The molecule has 0 saturated carbocycles. The summed E-state index contributed by atoms with van der Waals surface area (Å²) in [7, 11) is 1.66. The first kappa shape index (κ1) is 13.7. The van der Waals surface area contributed by atoms with Crippen molar-refractivity contribution in [3.8, 4) is 5.75 Å². The van der Waals surface area contributed by atoms with Gasteiger partial charge in [-0.15, -0.1) is 0 Å². The van der Waals surface area contributed by atoms with Gasteiger partial charge >= 0.3 is 0 Å². The lowest BCUT2D eigenvalue weighted by atomic mass is 10.2. The molecular formula is C14H20ClNO2. The zero-order valence-corrected chi connectivity index (χ0v) is 11.7. The molecule has 18 heavy (non-hydrogen) atoms. The predicted octanol–water partition coefficient (Wildman–Crippen LogP) is 3.01. The summed E-state index contributed by atoms with van der Waals surface area (Å²) in [6, 6.07) is 5.71. The number of ether oxygens (including phenoxy) is 2. The van der Waals surface area contributed by atoms with Gasteiger partial charge in [0.05, 0.1) is 19.3 Å². The number of hydrogen-bond donors (Lipinski definition) is 1. The highest BCUT2D eigenvalue weighted by Crippen LogP contribution is 2.26. The molecule has 1 aliphatic heterocycles. The predicted molar refractivity (Wildman–Crippen MR) is 73.3 cm³/mol. The zero-order chi connectivity index (χ0) is 13.0. The maximum Gasteiger partial charge on any atom is 0.124 e. The van der Waals surface area contributed by atoms with Crippen molar-refractivity contribution in [1.82, 2.24) is 5.32 Å². The van der Waals surface area contributed by atoms with Crippen molar-refractivity contribution in [3.05, 3.63) is 28.8 Å². The van der Waals surface area contributed by atoms with Crippen LogP contribution in [0.3, 0.4) is 0 Å². The molecule has 0 radical (unpaired) electrons. The molecule has 0 bridgehead atoms. The van der Waals surface area contributed by atoms with Gasteiger partial charge in [0.2, 0.25) is 0 Å². The molecule has 100 valence electrons. The molecular weight excluding hydrogens is 250 g/mol. The van der Waals surface area contributed by atoms with Crippen molar-refractivity contribution in [2.45, 2.75) is 38.5 Å². The summed E-state index contributed by atoms with van der Waals surface area (Å²) in [5.41, 5.74) is 1.01. The van der Waals surface area contributed by atoms with Crippen molar-refractivity contribution in [2.75, 3.05) is 13.7 Å². The fraction of sp³-hybridized carbons (Fsp3) is 0.571. The van der Waals surface area contributed by atoms with Crippen LogP contribution in [-0.2, 0) is 11.3 Å². The van der Waals surface area contributed by atoms with E-state index in [0.29, 0.717) is 18.8 Å². The van der Waals surface area contributed by atoms with E-state index in [4.69, 9.17) is 21.1 Å². The molecule has 2 rings (SSSR count). The van der Waals surface area contributed by atoms with Crippen LogP contribution in [-0.4, -0.2) is 25.9 Å². The fourth-order valence-corrected chi connectivity index (χ4v) is 2.53. The van der Waals surface area contributed by atoms with Crippen molar-refractivity contribution >= 4 is 11.6 Å². The van der Waals surface area contributed by atoms with Crippen LogP contribution in [0.4, 0.5) is 0 Å². The Morgan fingerprint density at radius 2 is 2.28 bits per heavy atom. The van der Waals surface area contributed by atoms with Crippen LogP contribution >= 0.6 is 11.6 Å². The molecule has 0 aliphatic carbocycles. The summed E-state index contributed by atoms with van der Waals surface area (Å²) in [6.07, 6.45) is 3.01. The number of benzene rings is 1. The highest BCUT2D eigenvalue weighted by Gasteiger charge is 2.21. The van der Waals surface area contributed by atoms with Crippen LogP contribution in [0.25, 0.3) is 0 Å². The average molecular weight is 270 g/mol. The second-order valence-corrected chi connectivity index (χ2v) is 5.10. The highest BCUT2D eigenvalue weighted by molar-refractivity contribution is 6.31. The van der Waals surface area contributed by atoms with E-state index in [1.807, 2.05) is 18.2 Å². The largest absolute Gasteiger partial charge is 0.496 e. The number of methoxy groups -OCH3 is 1. The number of rotatable bonds is 5. The third-order valence-electron chi connectivity index (χ3n) is 3.29. The Kier molecular flexibility index (Phi) is 4.87. The van der Waals surface area contributed by atoms with Crippen LogP contribution < -0.4 is 10.1 Å². The summed E-state index contributed by atoms with van der Waals surface area (Å²) < 4.78 is 11.1. The van der Waals surface area contributed by atoms with E-state index in [1.54, 1.807) is 7.11 Å². The minimum Gasteiger partial charge on any atom is -0.496 e. The van der Waals surface area contributed by atoms with Gasteiger partial charge in [-0.2, -0.15) is 0 Å². The van der Waals surface area contributed by atoms with E-state index in [1.165, 1.54) is 0 Å². The van der Waals surface area contributed by atoms with Crippen molar-refractivity contribution in [3.63, 3.8) is 0 Å². The van der Waals surface area contributed by atoms with E-state index in [-0.39, 0.29) is 0 Å². The SMILES string of the molecule is COc1cccc(Cl)c1CNCC1CCC(C)O1. The number of halogens is 1. The van der Waals surface area contributed by atoms with Crippen molar-refractivity contribution < 1.29 is 9.47 Å². The van der Waals surface area contributed by atoms with Gasteiger partial charge in [-0.3, -0.25) is 0 Å². The monoisotopic (exact) mass is 269 g/mol. The molecule has 1 N–H and O–H groups in total. The minimum absolute atomic E-state index is 0.327. The van der Waals surface area contributed by atoms with E-state index in [0.717, 1.165) is 35.7 Å². The molecule has 1 aromatic rings. The molecule has 0 spiro atoms. The van der Waals surface area contributed by atoms with Gasteiger partial charge in [0.15, 0.2) is 0 Å². The molecule has 3 nitrogen and oxygen atoms in total. The quantitative estimate of drug-likeness (QED) is 0.891. The fourth-order valence-electron chi connectivity index (χ4n) is 2.30. The third kappa shape index (κ3) is 3.37. The average Bonchev–Trinajstić information content (AvgIpc) is 2.77. The molecule has 1 fully saturated rings. The minimum atomic E-state index is 0.327. The Labute approximate surface area is 113 Å². The third-order valence-corrected chi connectivity index (χ3v) is 3.64. The molecule has 1 aliphatic rings. The summed E-state index contributed by atoms with van der Waals surface area (Å²) in [5, 5.41) is 4.13. The maximum atomic E-state index is 6.18. The van der Waals surface area contributed by atoms with E-state index < -0.39 is 0 Å². The molecule has 1 aromatic carbocycles. The highest BCUT2D eigenvalue weighted by atomic mass is 35.5. The van der Waals surface area contributed by atoms with Crippen LogP contribution in [0.5, 0.6) is 5.75 Å². The van der Waals surface area contributed by atoms with E-state index >= 15 is 0 Å². The van der Waals surface area contributed by atoms with Gasteiger partial charge < -0.3 is 14.8 Å². The van der Waals surface area contributed by atoms with Gasteiger partial charge in [-0.1, -0.05) is 17.7 Å². The maximum absolute atomic E-state index is 6.18. The topological polar surface area (TPSA) is 30.5 Å². The van der Waals surface area contributed by atoms with Crippen LogP contribution in [0.2, 0.25) is 5.02 Å². The Morgan fingerprint density at radius 1 is 1.44 bits per heavy atom. The van der Waals surface area contributed by atoms with E-state index in [9.17, 15) is 0 Å². The summed E-state index contributed by atoms with van der Waals surface area (Å²) in [5.74, 6) is 0.829. The van der Waals surface area contributed by atoms with Crippen LogP contribution in [0, 0.1) is 0 Å². The van der Waals surface area contributed by atoms with Gasteiger partial charge in [0, 0.05) is 23.7 Å². The Morgan fingerprint density at radius 3 is 2.94 bits per heavy atom. The van der Waals surface area contributed by atoms with Gasteiger partial charge in [0.25, 0.3) is 0 Å². The first-order chi connectivity index (χ1) is 8.70. The van der Waals surface area contributed by atoms with Gasteiger partial charge in [0.1, 0.15) is 5.75 Å². The Bertz CT molecular complexity index is 397. The van der Waals surface area contributed by atoms with Crippen LogP contribution in [0.15, 0.2) is 18.2 Å². The molecule has 0 aromatic heterocycles. The lowest BCUT2D eigenvalue weighted by Gasteiger charge is -2.14. The lowest BCUT2D eigenvalue weighted by molar-refractivity contribution is 0.0558. The molecule has 1 saturated heterocycles. The first-order valence-electron chi connectivity index (χ1n) is 6.38. The molecule has 2 atom stereocenters. The molecule has 2 unspecified atom stereocenters. The standard InChI is InChI=1S/C14H20ClNO2/c1-10-6-7-11(18-10)8-16-9-12-13(15)4-3-5-14(12)17-2/h3-5,10-11,16H,6-9H2,1-2H3.